The van der Waals surface area contributed by atoms with Crippen LogP contribution in [0.1, 0.15) is 38.5 Å². The average molecular weight is 227 g/mol. The molecular formula is C12H25N3O. The van der Waals surface area contributed by atoms with Crippen molar-refractivity contribution < 1.29 is 4.79 Å². The van der Waals surface area contributed by atoms with Gasteiger partial charge in [0.2, 0.25) is 5.91 Å². The Morgan fingerprint density at radius 2 is 2.00 bits per heavy atom. The maximum absolute atomic E-state index is 10.8. The SMILES string of the molecule is CN(CCC(N)C(N)=O)CC1CCCCC1. The molecule has 0 aromatic carbocycles. The lowest BCUT2D eigenvalue weighted by atomic mass is 9.89. The van der Waals surface area contributed by atoms with Crippen LogP contribution in [-0.2, 0) is 4.79 Å². The number of nitrogens with two attached hydrogens (primary N) is 2. The van der Waals surface area contributed by atoms with E-state index >= 15 is 0 Å². The van der Waals surface area contributed by atoms with Crippen molar-refractivity contribution >= 4 is 5.91 Å². The second kappa shape index (κ2) is 6.86. The van der Waals surface area contributed by atoms with Crippen molar-refractivity contribution in [2.75, 3.05) is 20.1 Å². The third-order valence-electron chi connectivity index (χ3n) is 3.48. The van der Waals surface area contributed by atoms with Crippen LogP contribution in [0, 0.1) is 5.92 Å². The summed E-state index contributed by atoms with van der Waals surface area (Å²) in [5.41, 5.74) is 10.7. The minimum absolute atomic E-state index is 0.397. The van der Waals surface area contributed by atoms with E-state index in [2.05, 4.69) is 11.9 Å². The first-order chi connectivity index (χ1) is 7.59. The summed E-state index contributed by atoms with van der Waals surface area (Å²) in [4.78, 5) is 13.1. The monoisotopic (exact) mass is 227 g/mol. The molecule has 0 spiro atoms. The van der Waals surface area contributed by atoms with Gasteiger partial charge in [0.15, 0.2) is 0 Å². The lowest BCUT2D eigenvalue weighted by Crippen LogP contribution is -2.39. The zero-order valence-corrected chi connectivity index (χ0v) is 10.3. The fourth-order valence-corrected chi connectivity index (χ4v) is 2.40. The molecule has 16 heavy (non-hydrogen) atoms. The number of hydrogen-bond donors (Lipinski definition) is 2. The van der Waals surface area contributed by atoms with Crippen LogP contribution in [0.25, 0.3) is 0 Å². The molecule has 0 saturated heterocycles. The largest absolute Gasteiger partial charge is 0.368 e. The number of primary amides is 1. The lowest BCUT2D eigenvalue weighted by molar-refractivity contribution is -0.119. The summed E-state index contributed by atoms with van der Waals surface area (Å²) in [5.74, 6) is 0.439. The number of hydrogen-bond acceptors (Lipinski definition) is 3. The summed E-state index contributed by atoms with van der Waals surface area (Å²) in [6.07, 6.45) is 7.52. The number of amides is 1. The topological polar surface area (TPSA) is 72.3 Å². The maximum Gasteiger partial charge on any atom is 0.234 e. The van der Waals surface area contributed by atoms with Gasteiger partial charge in [0.1, 0.15) is 0 Å². The van der Waals surface area contributed by atoms with Gasteiger partial charge in [-0.15, -0.1) is 0 Å². The average Bonchev–Trinajstić information content (AvgIpc) is 2.27. The van der Waals surface area contributed by atoms with Crippen LogP contribution in [0.4, 0.5) is 0 Å². The van der Waals surface area contributed by atoms with Gasteiger partial charge in [0, 0.05) is 6.54 Å². The van der Waals surface area contributed by atoms with Gasteiger partial charge in [-0.1, -0.05) is 19.3 Å². The molecule has 0 heterocycles. The minimum atomic E-state index is -0.492. The molecule has 4 heteroatoms. The number of carbonyl (C=O) groups is 1. The van der Waals surface area contributed by atoms with Crippen LogP contribution in [-0.4, -0.2) is 37.0 Å². The van der Waals surface area contributed by atoms with E-state index in [0.29, 0.717) is 6.42 Å². The highest BCUT2D eigenvalue weighted by Gasteiger charge is 2.16. The van der Waals surface area contributed by atoms with Crippen LogP contribution in [0.5, 0.6) is 0 Å². The van der Waals surface area contributed by atoms with Crippen molar-refractivity contribution in [3.63, 3.8) is 0 Å². The van der Waals surface area contributed by atoms with E-state index in [4.69, 9.17) is 11.5 Å². The molecule has 1 fully saturated rings. The van der Waals surface area contributed by atoms with Gasteiger partial charge in [-0.2, -0.15) is 0 Å². The highest BCUT2D eigenvalue weighted by molar-refractivity contribution is 5.79. The Hall–Kier alpha value is -0.610. The third-order valence-corrected chi connectivity index (χ3v) is 3.48. The Balaban J connectivity index is 2.14. The van der Waals surface area contributed by atoms with Crippen molar-refractivity contribution in [2.45, 2.75) is 44.6 Å². The van der Waals surface area contributed by atoms with Gasteiger partial charge in [-0.25, -0.2) is 0 Å². The molecule has 1 atom stereocenters. The summed E-state index contributed by atoms with van der Waals surface area (Å²) in [6.45, 7) is 1.99. The molecule has 4 N–H and O–H groups in total. The maximum atomic E-state index is 10.8. The molecule has 4 nitrogen and oxygen atoms in total. The molecular weight excluding hydrogens is 202 g/mol. The standard InChI is InChI=1S/C12H25N3O/c1-15(8-7-11(13)12(14)16)9-10-5-3-2-4-6-10/h10-11H,2-9,13H2,1H3,(H2,14,16). The van der Waals surface area contributed by atoms with E-state index in [9.17, 15) is 4.79 Å². The van der Waals surface area contributed by atoms with Crippen LogP contribution in [0.3, 0.4) is 0 Å². The van der Waals surface area contributed by atoms with Gasteiger partial charge in [-0.05, 0) is 38.8 Å². The molecule has 1 aliphatic carbocycles. The molecule has 0 radical (unpaired) electrons. The Kier molecular flexibility index (Phi) is 5.77. The predicted octanol–water partition coefficient (Wildman–Crippen LogP) is 0.701. The second-order valence-corrected chi connectivity index (χ2v) is 5.06. The molecule has 1 saturated carbocycles. The van der Waals surface area contributed by atoms with E-state index in [1.807, 2.05) is 0 Å². The highest BCUT2D eigenvalue weighted by Crippen LogP contribution is 2.24. The number of rotatable bonds is 6. The van der Waals surface area contributed by atoms with Crippen molar-refractivity contribution in [3.05, 3.63) is 0 Å². The Morgan fingerprint density at radius 1 is 1.38 bits per heavy atom. The van der Waals surface area contributed by atoms with Gasteiger partial charge in [0.25, 0.3) is 0 Å². The molecule has 1 unspecified atom stereocenters. The first-order valence-corrected chi connectivity index (χ1v) is 6.33. The Labute approximate surface area is 98.3 Å². The number of nitrogens with zero attached hydrogens (tertiary/aromatic N) is 1. The summed E-state index contributed by atoms with van der Waals surface area (Å²) in [7, 11) is 2.10. The molecule has 0 aromatic rings. The van der Waals surface area contributed by atoms with Crippen molar-refractivity contribution in [2.24, 2.45) is 17.4 Å². The van der Waals surface area contributed by atoms with E-state index in [-0.39, 0.29) is 0 Å². The van der Waals surface area contributed by atoms with Crippen molar-refractivity contribution in [1.82, 2.24) is 4.90 Å². The summed E-state index contributed by atoms with van der Waals surface area (Å²) in [5, 5.41) is 0. The van der Waals surface area contributed by atoms with E-state index in [1.54, 1.807) is 0 Å². The fraction of sp³-hybridized carbons (Fsp3) is 0.917. The van der Waals surface area contributed by atoms with Gasteiger partial charge >= 0.3 is 0 Å². The molecule has 1 amide bonds. The minimum Gasteiger partial charge on any atom is -0.368 e. The van der Waals surface area contributed by atoms with E-state index in [0.717, 1.165) is 19.0 Å². The normalized spacial score (nSPS) is 19.9. The summed E-state index contributed by atoms with van der Waals surface area (Å²) < 4.78 is 0. The number of carbonyl (C=O) groups excluding carboxylic acids is 1. The fourth-order valence-electron chi connectivity index (χ4n) is 2.40. The summed E-state index contributed by atoms with van der Waals surface area (Å²) in [6, 6.07) is -0.492. The van der Waals surface area contributed by atoms with Crippen LogP contribution in [0.15, 0.2) is 0 Å². The zero-order chi connectivity index (χ0) is 12.0. The van der Waals surface area contributed by atoms with Crippen LogP contribution >= 0.6 is 0 Å². The molecule has 1 aliphatic rings. The van der Waals surface area contributed by atoms with Crippen molar-refractivity contribution in [1.29, 1.82) is 0 Å². The third kappa shape index (κ3) is 4.94. The zero-order valence-electron chi connectivity index (χ0n) is 10.3. The quantitative estimate of drug-likeness (QED) is 0.701. The van der Waals surface area contributed by atoms with Gasteiger partial charge in [0.05, 0.1) is 6.04 Å². The van der Waals surface area contributed by atoms with Crippen LogP contribution < -0.4 is 11.5 Å². The van der Waals surface area contributed by atoms with E-state index < -0.39 is 11.9 Å². The highest BCUT2D eigenvalue weighted by atomic mass is 16.1. The molecule has 0 aromatic heterocycles. The summed E-state index contributed by atoms with van der Waals surface area (Å²) >= 11 is 0. The molecule has 1 rings (SSSR count). The lowest BCUT2D eigenvalue weighted by Gasteiger charge is -2.27. The predicted molar refractivity (Wildman–Crippen MR) is 65.9 cm³/mol. The molecule has 0 aliphatic heterocycles. The smallest absolute Gasteiger partial charge is 0.234 e. The van der Waals surface area contributed by atoms with Gasteiger partial charge < -0.3 is 16.4 Å². The van der Waals surface area contributed by atoms with E-state index in [1.165, 1.54) is 32.1 Å². The van der Waals surface area contributed by atoms with Crippen LogP contribution in [0.2, 0.25) is 0 Å². The second-order valence-electron chi connectivity index (χ2n) is 5.06. The van der Waals surface area contributed by atoms with Crippen molar-refractivity contribution in [3.8, 4) is 0 Å². The first-order valence-electron chi connectivity index (χ1n) is 6.33. The molecule has 94 valence electrons. The Morgan fingerprint density at radius 3 is 2.56 bits per heavy atom. The Bertz CT molecular complexity index is 214. The molecule has 0 bridgehead atoms. The first kappa shape index (κ1) is 13.5. The van der Waals surface area contributed by atoms with Gasteiger partial charge in [-0.3, -0.25) is 4.79 Å².